The number of rotatable bonds is 5. The molecule has 0 saturated heterocycles. The molecule has 1 fully saturated rings. The molecule has 1 saturated carbocycles. The van der Waals surface area contributed by atoms with Gasteiger partial charge in [0.2, 0.25) is 0 Å². The molecular formula is C27H27NO3. The average Bonchev–Trinajstić information content (AvgIpc) is 3.30. The van der Waals surface area contributed by atoms with Gasteiger partial charge in [-0.15, -0.1) is 0 Å². The van der Waals surface area contributed by atoms with Gasteiger partial charge in [-0.3, -0.25) is 9.69 Å². The van der Waals surface area contributed by atoms with Gasteiger partial charge in [-0.05, 0) is 37.8 Å². The smallest absolute Gasteiger partial charge is 0.257 e. The number of ether oxygens (including phenoxy) is 1. The third kappa shape index (κ3) is 3.46. The highest BCUT2D eigenvalue weighted by Gasteiger charge is 2.53. The highest BCUT2D eigenvalue weighted by Crippen LogP contribution is 2.48. The number of nitrogens with zero attached hydrogens (tertiary/aromatic N) is 1. The van der Waals surface area contributed by atoms with Gasteiger partial charge in [0.15, 0.2) is 5.72 Å². The Hall–Kier alpha value is -2.95. The van der Waals surface area contributed by atoms with Crippen LogP contribution in [0.4, 0.5) is 0 Å². The van der Waals surface area contributed by atoms with Crippen LogP contribution in [0.1, 0.15) is 51.9 Å². The lowest BCUT2D eigenvalue weighted by Crippen LogP contribution is -2.48. The minimum absolute atomic E-state index is 0.0291. The van der Waals surface area contributed by atoms with Crippen molar-refractivity contribution in [3.63, 3.8) is 0 Å². The van der Waals surface area contributed by atoms with E-state index in [2.05, 4.69) is 31.2 Å². The summed E-state index contributed by atoms with van der Waals surface area (Å²) in [6, 6.07) is 26.1. The molecule has 3 atom stereocenters. The third-order valence-electron chi connectivity index (χ3n) is 6.47. The second-order valence-electron chi connectivity index (χ2n) is 8.64. The van der Waals surface area contributed by atoms with Gasteiger partial charge in [0.1, 0.15) is 0 Å². The van der Waals surface area contributed by atoms with Crippen molar-refractivity contribution in [2.75, 3.05) is 0 Å². The second-order valence-corrected chi connectivity index (χ2v) is 8.64. The maximum absolute atomic E-state index is 13.7. The maximum atomic E-state index is 13.7. The number of aryl methyl sites for hydroxylation is 1. The minimum Gasteiger partial charge on any atom is -0.393 e. The molecule has 5 rings (SSSR count). The lowest BCUT2D eigenvalue weighted by atomic mass is 9.92. The van der Waals surface area contributed by atoms with Crippen LogP contribution in [0.5, 0.6) is 0 Å². The first-order chi connectivity index (χ1) is 15.1. The van der Waals surface area contributed by atoms with Crippen molar-refractivity contribution < 1.29 is 14.6 Å². The van der Waals surface area contributed by atoms with Crippen LogP contribution in [0.3, 0.4) is 0 Å². The zero-order valence-corrected chi connectivity index (χ0v) is 17.7. The summed E-state index contributed by atoms with van der Waals surface area (Å²) in [6.07, 6.45) is 1.62. The standard InChI is InChI=1S/C27H27NO3/c1-19-11-13-21(14-12-19)27(31-23-16-15-22(29)17-23)25-10-6-5-9-24(25)26(30)28(27)18-20-7-3-2-4-8-20/h2-14,22-23,29H,15-18H2,1H3. The van der Waals surface area contributed by atoms with Crippen LogP contribution >= 0.6 is 0 Å². The van der Waals surface area contributed by atoms with E-state index in [1.165, 1.54) is 0 Å². The summed E-state index contributed by atoms with van der Waals surface area (Å²) in [5.74, 6) is -0.0291. The summed E-state index contributed by atoms with van der Waals surface area (Å²) in [6.45, 7) is 2.50. The summed E-state index contributed by atoms with van der Waals surface area (Å²) in [7, 11) is 0. The Bertz CT molecular complexity index is 1080. The van der Waals surface area contributed by atoms with Crippen LogP contribution in [0.25, 0.3) is 0 Å². The molecule has 3 unspecified atom stereocenters. The molecule has 0 spiro atoms. The first kappa shape index (κ1) is 20.0. The zero-order chi connectivity index (χ0) is 21.4. The van der Waals surface area contributed by atoms with Crippen LogP contribution in [0, 0.1) is 6.92 Å². The molecule has 2 aliphatic rings. The minimum atomic E-state index is -1.02. The summed E-state index contributed by atoms with van der Waals surface area (Å²) < 4.78 is 6.88. The van der Waals surface area contributed by atoms with Gasteiger partial charge in [0.05, 0.1) is 12.2 Å². The first-order valence-electron chi connectivity index (χ1n) is 11.0. The van der Waals surface area contributed by atoms with Crippen LogP contribution < -0.4 is 0 Å². The Morgan fingerprint density at radius 1 is 0.968 bits per heavy atom. The lowest BCUT2D eigenvalue weighted by molar-refractivity contribution is -0.147. The van der Waals surface area contributed by atoms with E-state index in [0.717, 1.165) is 35.1 Å². The highest BCUT2D eigenvalue weighted by molar-refractivity contribution is 6.00. The average molecular weight is 414 g/mol. The summed E-state index contributed by atoms with van der Waals surface area (Å²) >= 11 is 0. The van der Waals surface area contributed by atoms with Gasteiger partial charge in [-0.1, -0.05) is 78.4 Å². The van der Waals surface area contributed by atoms with E-state index in [0.29, 0.717) is 18.5 Å². The fourth-order valence-corrected chi connectivity index (χ4v) is 4.90. The summed E-state index contributed by atoms with van der Waals surface area (Å²) in [5.41, 5.74) is 3.68. The van der Waals surface area contributed by atoms with Crippen LogP contribution in [0.15, 0.2) is 78.9 Å². The highest BCUT2D eigenvalue weighted by atomic mass is 16.5. The largest absolute Gasteiger partial charge is 0.393 e. The molecule has 1 aliphatic heterocycles. The van der Waals surface area contributed by atoms with Crippen molar-refractivity contribution in [1.29, 1.82) is 0 Å². The molecule has 158 valence electrons. The van der Waals surface area contributed by atoms with Crippen molar-refractivity contribution in [2.45, 2.75) is 50.7 Å². The number of fused-ring (bicyclic) bond motifs is 1. The monoisotopic (exact) mass is 413 g/mol. The van der Waals surface area contributed by atoms with E-state index in [1.54, 1.807) is 0 Å². The number of carbonyl (C=O) groups is 1. The number of hydrogen-bond acceptors (Lipinski definition) is 3. The van der Waals surface area contributed by atoms with Crippen molar-refractivity contribution in [3.8, 4) is 0 Å². The van der Waals surface area contributed by atoms with E-state index < -0.39 is 5.72 Å². The molecule has 1 aliphatic carbocycles. The fourth-order valence-electron chi connectivity index (χ4n) is 4.90. The number of aliphatic hydroxyl groups excluding tert-OH is 1. The SMILES string of the molecule is Cc1ccc(C2(OC3CCC(O)C3)c3ccccc3C(=O)N2Cc2ccccc2)cc1. The predicted molar refractivity (Wildman–Crippen MR) is 119 cm³/mol. The Morgan fingerprint density at radius 2 is 1.68 bits per heavy atom. The number of amides is 1. The summed E-state index contributed by atoms with van der Waals surface area (Å²) in [5, 5.41) is 10.2. The lowest BCUT2D eigenvalue weighted by Gasteiger charge is -2.41. The molecule has 0 bridgehead atoms. The molecule has 3 aromatic rings. The van der Waals surface area contributed by atoms with Gasteiger partial charge in [-0.25, -0.2) is 0 Å². The van der Waals surface area contributed by atoms with Gasteiger partial charge in [0, 0.05) is 23.2 Å². The van der Waals surface area contributed by atoms with Crippen LogP contribution in [0.2, 0.25) is 0 Å². The van der Waals surface area contributed by atoms with Crippen LogP contribution in [-0.4, -0.2) is 28.1 Å². The third-order valence-corrected chi connectivity index (χ3v) is 6.47. The number of benzene rings is 3. The molecule has 31 heavy (non-hydrogen) atoms. The van der Waals surface area contributed by atoms with Gasteiger partial charge >= 0.3 is 0 Å². The molecule has 1 amide bonds. The fraction of sp³-hybridized carbons (Fsp3) is 0.296. The molecule has 0 radical (unpaired) electrons. The number of hydrogen-bond donors (Lipinski definition) is 1. The Balaban J connectivity index is 1.69. The van der Waals surface area contributed by atoms with E-state index >= 15 is 0 Å². The zero-order valence-electron chi connectivity index (χ0n) is 17.7. The molecule has 1 N–H and O–H groups in total. The molecule has 4 heteroatoms. The Kier molecular flexibility index (Phi) is 5.12. The molecule has 0 aromatic heterocycles. The topological polar surface area (TPSA) is 49.8 Å². The predicted octanol–water partition coefficient (Wildman–Crippen LogP) is 4.78. The van der Waals surface area contributed by atoms with Gasteiger partial charge < -0.3 is 9.84 Å². The van der Waals surface area contributed by atoms with E-state index in [4.69, 9.17) is 4.74 Å². The van der Waals surface area contributed by atoms with Gasteiger partial charge in [-0.2, -0.15) is 0 Å². The second kappa shape index (κ2) is 7.95. The molecule has 3 aromatic carbocycles. The number of aliphatic hydroxyl groups is 1. The van der Waals surface area contributed by atoms with Crippen molar-refractivity contribution in [3.05, 3.63) is 107 Å². The van der Waals surface area contributed by atoms with E-state index in [9.17, 15) is 9.90 Å². The van der Waals surface area contributed by atoms with E-state index in [-0.39, 0.29) is 18.1 Å². The maximum Gasteiger partial charge on any atom is 0.257 e. The molecule has 4 nitrogen and oxygen atoms in total. The quantitative estimate of drug-likeness (QED) is 0.655. The first-order valence-corrected chi connectivity index (χ1v) is 11.0. The van der Waals surface area contributed by atoms with Crippen molar-refractivity contribution >= 4 is 5.91 Å². The summed E-state index contributed by atoms with van der Waals surface area (Å²) in [4.78, 5) is 15.6. The van der Waals surface area contributed by atoms with Gasteiger partial charge in [0.25, 0.3) is 5.91 Å². The normalized spacial score (nSPS) is 25.1. The van der Waals surface area contributed by atoms with E-state index in [1.807, 2.05) is 59.5 Å². The van der Waals surface area contributed by atoms with Crippen molar-refractivity contribution in [2.24, 2.45) is 0 Å². The van der Waals surface area contributed by atoms with Crippen LogP contribution in [-0.2, 0) is 17.0 Å². The Morgan fingerprint density at radius 3 is 2.39 bits per heavy atom. The molecule has 1 heterocycles. The number of carbonyl (C=O) groups excluding carboxylic acids is 1. The van der Waals surface area contributed by atoms with Crippen molar-refractivity contribution in [1.82, 2.24) is 4.90 Å². The molecular weight excluding hydrogens is 386 g/mol. The Labute approximate surface area is 183 Å².